The van der Waals surface area contributed by atoms with Gasteiger partial charge in [-0.15, -0.1) is 0 Å². The molecule has 2 heterocycles. The molecule has 0 saturated carbocycles. The van der Waals surface area contributed by atoms with Gasteiger partial charge >= 0.3 is 11.3 Å². The van der Waals surface area contributed by atoms with Crippen molar-refractivity contribution >= 4 is 23.4 Å². The zero-order valence-corrected chi connectivity index (χ0v) is 14.9. The van der Waals surface area contributed by atoms with Crippen LogP contribution in [0, 0.1) is 0 Å². The van der Waals surface area contributed by atoms with Crippen molar-refractivity contribution in [2.75, 3.05) is 10.7 Å². The fourth-order valence-electron chi connectivity index (χ4n) is 2.95. The Balaban J connectivity index is 2.14. The van der Waals surface area contributed by atoms with E-state index in [1.54, 1.807) is 9.58 Å². The van der Waals surface area contributed by atoms with Crippen LogP contribution in [-0.2, 0) is 4.79 Å². The smallest absolute Gasteiger partial charge is 0.291 e. The summed E-state index contributed by atoms with van der Waals surface area (Å²) in [6, 6.07) is 7.44. The first-order valence-corrected chi connectivity index (χ1v) is 9.11. The minimum atomic E-state index is -0.347. The maximum absolute atomic E-state index is 12.7. The molecule has 2 aromatic rings. The van der Waals surface area contributed by atoms with Crippen molar-refractivity contribution in [1.82, 2.24) is 10.1 Å². The van der Waals surface area contributed by atoms with Crippen molar-refractivity contribution in [1.29, 1.82) is 0 Å². The molecule has 0 aliphatic carbocycles. The van der Waals surface area contributed by atoms with Gasteiger partial charge in [0.05, 0.1) is 11.3 Å². The lowest BCUT2D eigenvalue weighted by molar-refractivity contribution is -0.768. The largest absolute Gasteiger partial charge is 0.325 e. The third-order valence-electron chi connectivity index (χ3n) is 4.09. The third kappa shape index (κ3) is 2.84. The standard InChI is InChI=1S/C17H20N4O2S/c1-4-5-10-24-17-18-16(23)15-13-8-6-7-9-14(13)20(12(3)22)11(2)21(15)19-17/h6-9,11H,4-5,10H2,1-3H3/p+1/t11-/m0/s1. The number of rotatable bonds is 4. The number of benzene rings is 1. The Morgan fingerprint density at radius 1 is 1.42 bits per heavy atom. The number of unbranched alkanes of at least 4 members (excludes halogenated alkanes) is 1. The highest BCUT2D eigenvalue weighted by Gasteiger charge is 2.40. The molecule has 1 aliphatic rings. The number of thioether (sulfide) groups is 1. The number of H-pyrrole nitrogens is 1. The molecule has 24 heavy (non-hydrogen) atoms. The molecule has 0 fully saturated rings. The molecule has 0 spiro atoms. The highest BCUT2D eigenvalue weighted by atomic mass is 32.2. The van der Waals surface area contributed by atoms with Crippen molar-refractivity contribution in [2.24, 2.45) is 0 Å². The van der Waals surface area contributed by atoms with Crippen molar-refractivity contribution < 1.29 is 9.48 Å². The number of aromatic nitrogens is 3. The Morgan fingerprint density at radius 2 is 2.17 bits per heavy atom. The van der Waals surface area contributed by atoms with Crippen LogP contribution in [0.3, 0.4) is 0 Å². The summed E-state index contributed by atoms with van der Waals surface area (Å²) in [5, 5.41) is 5.18. The van der Waals surface area contributed by atoms with E-state index in [2.05, 4.69) is 17.0 Å². The van der Waals surface area contributed by atoms with Crippen LogP contribution in [0.5, 0.6) is 0 Å². The zero-order chi connectivity index (χ0) is 17.3. The van der Waals surface area contributed by atoms with Crippen LogP contribution < -0.4 is 15.1 Å². The molecule has 3 rings (SSSR count). The molecule has 1 aliphatic heterocycles. The second-order valence-electron chi connectivity index (χ2n) is 5.79. The van der Waals surface area contributed by atoms with Crippen LogP contribution in [0.4, 0.5) is 5.69 Å². The highest BCUT2D eigenvalue weighted by Crippen LogP contribution is 2.34. The maximum Gasteiger partial charge on any atom is 0.325 e. The van der Waals surface area contributed by atoms with Gasteiger partial charge in [-0.25, -0.2) is 0 Å². The summed E-state index contributed by atoms with van der Waals surface area (Å²) in [6.07, 6.45) is 1.81. The second kappa shape index (κ2) is 6.76. The zero-order valence-electron chi connectivity index (χ0n) is 14.1. The van der Waals surface area contributed by atoms with Gasteiger partial charge in [-0.1, -0.05) is 41.9 Å². The average molecular weight is 345 g/mol. The van der Waals surface area contributed by atoms with Crippen LogP contribution >= 0.6 is 11.8 Å². The van der Waals surface area contributed by atoms with Crippen LogP contribution in [0.15, 0.2) is 34.2 Å². The van der Waals surface area contributed by atoms with Gasteiger partial charge in [-0.3, -0.25) is 19.5 Å². The highest BCUT2D eigenvalue weighted by molar-refractivity contribution is 7.99. The summed E-state index contributed by atoms with van der Waals surface area (Å²) in [5.74, 6) is 0.829. The number of nitrogens with zero attached hydrogens (tertiary/aromatic N) is 3. The molecule has 0 bridgehead atoms. The van der Waals surface area contributed by atoms with E-state index < -0.39 is 0 Å². The quantitative estimate of drug-likeness (QED) is 0.525. The van der Waals surface area contributed by atoms with Crippen molar-refractivity contribution in [3.05, 3.63) is 34.6 Å². The first kappa shape index (κ1) is 16.7. The monoisotopic (exact) mass is 345 g/mol. The van der Waals surface area contributed by atoms with Gasteiger partial charge in [0.2, 0.25) is 11.1 Å². The van der Waals surface area contributed by atoms with E-state index >= 15 is 0 Å². The van der Waals surface area contributed by atoms with Gasteiger partial charge in [0.1, 0.15) is 0 Å². The van der Waals surface area contributed by atoms with Crippen LogP contribution in [0.2, 0.25) is 0 Å². The van der Waals surface area contributed by atoms with E-state index in [0.717, 1.165) is 29.8 Å². The van der Waals surface area contributed by atoms with E-state index in [9.17, 15) is 9.59 Å². The number of hydrogen-bond acceptors (Lipinski definition) is 4. The number of nitrogens with one attached hydrogen (secondary N) is 1. The van der Waals surface area contributed by atoms with Gasteiger partial charge in [-0.05, 0) is 18.6 Å². The molecular weight excluding hydrogens is 324 g/mol. The molecule has 1 aromatic carbocycles. The predicted molar refractivity (Wildman–Crippen MR) is 94.0 cm³/mol. The number of carbonyl (C=O) groups is 1. The van der Waals surface area contributed by atoms with E-state index in [-0.39, 0.29) is 17.6 Å². The molecular formula is C17H21N4O2S+. The third-order valence-corrected chi connectivity index (χ3v) is 5.04. The minimum absolute atomic E-state index is 0.0737. The Morgan fingerprint density at radius 3 is 2.88 bits per heavy atom. The normalized spacial score (nSPS) is 15.8. The number of fused-ring (bicyclic) bond motifs is 3. The molecule has 1 amide bonds. The van der Waals surface area contributed by atoms with Gasteiger partial charge in [0, 0.05) is 24.7 Å². The van der Waals surface area contributed by atoms with Gasteiger partial charge < -0.3 is 0 Å². The van der Waals surface area contributed by atoms with Crippen LogP contribution in [-0.4, -0.2) is 21.7 Å². The van der Waals surface area contributed by atoms with Crippen molar-refractivity contribution in [3.63, 3.8) is 0 Å². The van der Waals surface area contributed by atoms with E-state index in [4.69, 9.17) is 0 Å². The Labute approximate surface area is 144 Å². The van der Waals surface area contributed by atoms with Crippen LogP contribution in [0.25, 0.3) is 11.3 Å². The first-order chi connectivity index (χ1) is 11.5. The number of amides is 1. The van der Waals surface area contributed by atoms with Crippen molar-refractivity contribution in [3.8, 4) is 11.3 Å². The number of para-hydroxylation sites is 1. The molecule has 7 heteroatoms. The Kier molecular flexibility index (Phi) is 4.71. The number of aromatic amines is 1. The summed E-state index contributed by atoms with van der Waals surface area (Å²) in [4.78, 5) is 29.4. The van der Waals surface area contributed by atoms with Crippen LogP contribution in [0.1, 0.15) is 39.8 Å². The number of carbonyl (C=O) groups excluding carboxylic acids is 1. The second-order valence-corrected chi connectivity index (χ2v) is 6.88. The molecule has 0 unspecified atom stereocenters. The maximum atomic E-state index is 12.7. The Bertz CT molecular complexity index is 834. The molecule has 1 N–H and O–H groups in total. The summed E-state index contributed by atoms with van der Waals surface area (Å²) in [6.45, 7) is 5.54. The van der Waals surface area contributed by atoms with E-state index in [1.807, 2.05) is 31.2 Å². The Hall–Kier alpha value is -2.15. The van der Waals surface area contributed by atoms with E-state index in [1.165, 1.54) is 18.7 Å². The lowest BCUT2D eigenvalue weighted by Crippen LogP contribution is -2.59. The fourth-order valence-corrected chi connectivity index (χ4v) is 3.89. The summed E-state index contributed by atoms with van der Waals surface area (Å²) in [5.41, 5.74) is 1.79. The van der Waals surface area contributed by atoms with Crippen molar-refractivity contribution in [2.45, 2.75) is 44.9 Å². The van der Waals surface area contributed by atoms with Gasteiger partial charge in [0.25, 0.3) is 6.17 Å². The number of hydrogen-bond donors (Lipinski definition) is 1. The lowest BCUT2D eigenvalue weighted by atomic mass is 10.1. The average Bonchev–Trinajstić information content (AvgIpc) is 2.55. The summed E-state index contributed by atoms with van der Waals surface area (Å²) >= 11 is 1.53. The summed E-state index contributed by atoms with van der Waals surface area (Å²) < 4.78 is 1.66. The van der Waals surface area contributed by atoms with E-state index in [0.29, 0.717) is 10.9 Å². The molecule has 126 valence electrons. The molecule has 1 atom stereocenters. The lowest BCUT2D eigenvalue weighted by Gasteiger charge is -2.29. The fraction of sp³-hybridized carbons (Fsp3) is 0.412. The summed E-state index contributed by atoms with van der Waals surface area (Å²) in [7, 11) is 0. The number of anilines is 1. The minimum Gasteiger partial charge on any atom is -0.291 e. The van der Waals surface area contributed by atoms with Gasteiger partial charge in [-0.2, -0.15) is 0 Å². The van der Waals surface area contributed by atoms with Gasteiger partial charge in [0.15, 0.2) is 0 Å². The molecule has 6 nitrogen and oxygen atoms in total. The predicted octanol–water partition coefficient (Wildman–Crippen LogP) is 2.50. The molecule has 1 aromatic heterocycles. The molecule has 0 radical (unpaired) electrons. The molecule has 0 saturated heterocycles. The first-order valence-electron chi connectivity index (χ1n) is 8.12. The topological polar surface area (TPSA) is 69.9 Å². The SMILES string of the molecule is CCCCSc1n[n+]2c(c(=O)[nH]1)-c1ccccc1N(C(C)=O)[C@@H]2C.